The van der Waals surface area contributed by atoms with Crippen LogP contribution >= 0.6 is 0 Å². The minimum atomic E-state index is -1.40. The maximum absolute atomic E-state index is 12.8. The average molecular weight is 248 g/mol. The summed E-state index contributed by atoms with van der Waals surface area (Å²) < 4.78 is 0. The zero-order valence-corrected chi connectivity index (χ0v) is 12.7. The molecule has 17 heavy (non-hydrogen) atoms. The molecule has 94 valence electrons. The highest BCUT2D eigenvalue weighted by atomic mass is 28.3. The summed E-state index contributed by atoms with van der Waals surface area (Å²) in [6, 6.07) is 0. The van der Waals surface area contributed by atoms with Crippen molar-refractivity contribution in [3.63, 3.8) is 0 Å². The summed E-state index contributed by atoms with van der Waals surface area (Å²) in [5, 5.41) is 0. The number of rotatable bonds is 1. The fourth-order valence-electron chi connectivity index (χ4n) is 5.52. The molecule has 3 rings (SSSR count). The smallest absolute Gasteiger partial charge is 0.137 e. The van der Waals surface area contributed by atoms with Crippen LogP contribution in [0.15, 0.2) is 12.2 Å². The Labute approximate surface area is 106 Å². The van der Waals surface area contributed by atoms with Crippen molar-refractivity contribution >= 4 is 13.9 Å². The normalized spacial score (nSPS) is 46.6. The molecule has 5 atom stereocenters. The number of allylic oxidation sites excluding steroid dienone is 2. The van der Waals surface area contributed by atoms with Gasteiger partial charge in [-0.3, -0.25) is 4.79 Å². The van der Waals surface area contributed by atoms with Crippen molar-refractivity contribution in [3.8, 4) is 0 Å². The monoisotopic (exact) mass is 248 g/mol. The van der Waals surface area contributed by atoms with Crippen LogP contribution in [0.4, 0.5) is 0 Å². The molecule has 2 saturated carbocycles. The molecule has 0 aromatic rings. The first-order valence-corrected chi connectivity index (χ1v) is 10.5. The zero-order valence-electron chi connectivity index (χ0n) is 11.7. The van der Waals surface area contributed by atoms with Crippen LogP contribution in [0, 0.1) is 29.1 Å². The first-order valence-electron chi connectivity index (χ1n) is 6.96. The van der Waals surface area contributed by atoms with E-state index in [2.05, 4.69) is 45.6 Å². The molecule has 2 fully saturated rings. The van der Waals surface area contributed by atoms with Gasteiger partial charge in [0.15, 0.2) is 0 Å². The Hall–Kier alpha value is -0.373. The van der Waals surface area contributed by atoms with Gasteiger partial charge < -0.3 is 0 Å². The van der Waals surface area contributed by atoms with E-state index in [0.717, 1.165) is 0 Å². The topological polar surface area (TPSA) is 17.1 Å². The van der Waals surface area contributed by atoms with E-state index in [1.165, 1.54) is 6.42 Å². The van der Waals surface area contributed by atoms with Crippen molar-refractivity contribution < 1.29 is 4.79 Å². The van der Waals surface area contributed by atoms with Crippen molar-refractivity contribution in [2.75, 3.05) is 0 Å². The maximum Gasteiger partial charge on any atom is 0.137 e. The van der Waals surface area contributed by atoms with Gasteiger partial charge in [0, 0.05) is 11.5 Å². The zero-order chi connectivity index (χ0) is 12.6. The van der Waals surface area contributed by atoms with Gasteiger partial charge in [-0.2, -0.15) is 0 Å². The van der Waals surface area contributed by atoms with E-state index in [0.29, 0.717) is 35.0 Å². The van der Waals surface area contributed by atoms with Crippen molar-refractivity contribution in [3.05, 3.63) is 12.2 Å². The van der Waals surface area contributed by atoms with E-state index in [1.54, 1.807) is 0 Å². The highest BCUT2D eigenvalue weighted by molar-refractivity contribution is 6.81. The van der Waals surface area contributed by atoms with Gasteiger partial charge in [0.05, 0.1) is 8.07 Å². The highest BCUT2D eigenvalue weighted by Gasteiger charge is 2.65. The van der Waals surface area contributed by atoms with Crippen molar-refractivity contribution in [1.82, 2.24) is 0 Å². The molecule has 0 aromatic heterocycles. The molecule has 2 bridgehead atoms. The molecule has 0 amide bonds. The Morgan fingerprint density at radius 1 is 1.18 bits per heavy atom. The summed E-state index contributed by atoms with van der Waals surface area (Å²) in [6.45, 7) is 11.8. The van der Waals surface area contributed by atoms with Gasteiger partial charge in [0.25, 0.3) is 0 Å². The van der Waals surface area contributed by atoms with Gasteiger partial charge in [0.1, 0.15) is 5.78 Å². The van der Waals surface area contributed by atoms with Gasteiger partial charge in [0.2, 0.25) is 0 Å². The van der Waals surface area contributed by atoms with E-state index in [9.17, 15) is 4.79 Å². The van der Waals surface area contributed by atoms with Gasteiger partial charge in [-0.05, 0) is 29.6 Å². The minimum Gasteiger partial charge on any atom is -0.299 e. The van der Waals surface area contributed by atoms with Crippen LogP contribution in [-0.2, 0) is 4.79 Å². The summed E-state index contributed by atoms with van der Waals surface area (Å²) in [5.41, 5.74) is 0.603. The third-order valence-corrected chi connectivity index (χ3v) is 8.30. The number of Topliss-reactive ketones (excluding diaryl/α,β-unsaturated/α-hetero) is 1. The summed E-state index contributed by atoms with van der Waals surface area (Å²) in [6.07, 6.45) is 5.97. The largest absolute Gasteiger partial charge is 0.299 e. The standard InChI is InChI=1S/C15H24OSi/c1-15(2)12-10-7-6-9(8-10)11(12)13(16)14(15)17(3,4)5/h6-7,9-12,14H,8H2,1-5H3/t9-,10+,11+,12-,14+/m1/s1. The third kappa shape index (κ3) is 1.33. The quantitative estimate of drug-likeness (QED) is 0.510. The Balaban J connectivity index is 2.06. The molecule has 0 aliphatic heterocycles. The van der Waals surface area contributed by atoms with Crippen LogP contribution in [0.5, 0.6) is 0 Å². The van der Waals surface area contributed by atoms with Crippen LogP contribution in [0.25, 0.3) is 0 Å². The minimum absolute atomic E-state index is 0.233. The van der Waals surface area contributed by atoms with Crippen LogP contribution < -0.4 is 0 Å². The molecule has 0 unspecified atom stereocenters. The van der Waals surface area contributed by atoms with Crippen LogP contribution in [-0.4, -0.2) is 13.9 Å². The predicted molar refractivity (Wildman–Crippen MR) is 73.6 cm³/mol. The van der Waals surface area contributed by atoms with Crippen LogP contribution in [0.2, 0.25) is 25.2 Å². The highest BCUT2D eigenvalue weighted by Crippen LogP contribution is 2.66. The fourth-order valence-corrected chi connectivity index (χ4v) is 8.99. The van der Waals surface area contributed by atoms with E-state index < -0.39 is 8.07 Å². The van der Waals surface area contributed by atoms with Gasteiger partial charge >= 0.3 is 0 Å². The second-order valence-electron chi connectivity index (χ2n) is 8.02. The van der Waals surface area contributed by atoms with E-state index >= 15 is 0 Å². The van der Waals surface area contributed by atoms with E-state index in [-0.39, 0.29) is 5.41 Å². The fraction of sp³-hybridized carbons (Fsp3) is 0.800. The second kappa shape index (κ2) is 3.14. The van der Waals surface area contributed by atoms with Crippen molar-refractivity contribution in [1.29, 1.82) is 0 Å². The lowest BCUT2D eigenvalue weighted by molar-refractivity contribution is -0.121. The molecule has 2 heteroatoms. The molecule has 0 spiro atoms. The summed E-state index contributed by atoms with van der Waals surface area (Å²) in [4.78, 5) is 12.8. The molecule has 1 nitrogen and oxygen atoms in total. The Morgan fingerprint density at radius 2 is 1.76 bits per heavy atom. The molecule has 3 aliphatic carbocycles. The molecule has 3 aliphatic rings. The number of hydrogen-bond donors (Lipinski definition) is 0. The lowest BCUT2D eigenvalue weighted by Gasteiger charge is -2.39. The number of carbonyl (C=O) groups is 1. The van der Waals surface area contributed by atoms with Gasteiger partial charge in [-0.1, -0.05) is 45.6 Å². The van der Waals surface area contributed by atoms with Crippen LogP contribution in [0.3, 0.4) is 0 Å². The Kier molecular flexibility index (Phi) is 2.16. The Morgan fingerprint density at radius 3 is 2.29 bits per heavy atom. The lowest BCUT2D eigenvalue weighted by atomic mass is 9.73. The molecule has 0 N–H and O–H groups in total. The van der Waals surface area contributed by atoms with Gasteiger partial charge in [-0.25, -0.2) is 0 Å². The van der Waals surface area contributed by atoms with Gasteiger partial charge in [-0.15, -0.1) is 0 Å². The Bertz CT molecular complexity index is 402. The number of ketones is 1. The molecular formula is C15H24OSi. The summed E-state index contributed by atoms with van der Waals surface area (Å²) in [5.74, 6) is 2.91. The number of fused-ring (bicyclic) bond motifs is 5. The van der Waals surface area contributed by atoms with E-state index in [4.69, 9.17) is 0 Å². The lowest BCUT2D eigenvalue weighted by Crippen LogP contribution is -2.40. The third-order valence-electron chi connectivity index (χ3n) is 5.54. The first-order chi connectivity index (χ1) is 7.74. The SMILES string of the molecule is CC1(C)[C@H]2[C@@H](C(=O)[C@@H]1[Si](C)(C)C)[C@@H]1C=C[C@H]2C1. The maximum atomic E-state index is 12.8. The van der Waals surface area contributed by atoms with Crippen molar-refractivity contribution in [2.45, 2.75) is 45.5 Å². The molecule has 0 aromatic carbocycles. The molecule has 0 saturated heterocycles. The molecule has 0 heterocycles. The summed E-state index contributed by atoms with van der Waals surface area (Å²) >= 11 is 0. The first kappa shape index (κ1) is 11.7. The predicted octanol–water partition coefficient (Wildman–Crippen LogP) is 3.74. The molecular weight excluding hydrogens is 224 g/mol. The van der Waals surface area contributed by atoms with Crippen molar-refractivity contribution in [2.24, 2.45) is 29.1 Å². The number of hydrogen-bond acceptors (Lipinski definition) is 1. The summed E-state index contributed by atoms with van der Waals surface area (Å²) in [7, 11) is -1.40. The molecule has 0 radical (unpaired) electrons. The second-order valence-corrected chi connectivity index (χ2v) is 13.3. The number of carbonyl (C=O) groups excluding carboxylic acids is 1. The van der Waals surface area contributed by atoms with E-state index in [1.807, 2.05) is 0 Å². The average Bonchev–Trinajstić information content (AvgIpc) is 2.76. The van der Waals surface area contributed by atoms with Crippen LogP contribution in [0.1, 0.15) is 20.3 Å².